The molecule has 1 heterocycles. The van der Waals surface area contributed by atoms with E-state index in [1.54, 1.807) is 4.90 Å². The van der Waals surface area contributed by atoms with Crippen molar-refractivity contribution in [3.05, 3.63) is 41.5 Å². The summed E-state index contributed by atoms with van der Waals surface area (Å²) in [5, 5.41) is 12.7. The second-order valence-electron chi connectivity index (χ2n) is 7.17. The van der Waals surface area contributed by atoms with Gasteiger partial charge in [0, 0.05) is 25.8 Å². The first kappa shape index (κ1) is 18.6. The van der Waals surface area contributed by atoms with E-state index >= 15 is 0 Å². The van der Waals surface area contributed by atoms with E-state index in [0.717, 1.165) is 18.4 Å². The Morgan fingerprint density at radius 1 is 1.23 bits per heavy atom. The molecule has 140 valence electrons. The quantitative estimate of drug-likeness (QED) is 0.823. The number of aliphatic hydroxyl groups is 1. The second-order valence-corrected chi connectivity index (χ2v) is 7.17. The summed E-state index contributed by atoms with van der Waals surface area (Å²) in [6, 6.07) is 8.14. The van der Waals surface area contributed by atoms with Crippen LogP contribution >= 0.6 is 0 Å². The molecule has 1 aromatic rings. The van der Waals surface area contributed by atoms with Gasteiger partial charge < -0.3 is 15.3 Å². The number of likely N-dealkylation sites (tertiary alicyclic amines) is 1. The highest BCUT2D eigenvalue weighted by molar-refractivity contribution is 5.77. The molecule has 1 aromatic carbocycles. The third kappa shape index (κ3) is 3.54. The zero-order valence-electron chi connectivity index (χ0n) is 15.6. The molecule has 3 rings (SSSR count). The minimum atomic E-state index is -0.229. The third-order valence-corrected chi connectivity index (χ3v) is 5.63. The molecule has 2 N–H and O–H groups in total. The maximum atomic E-state index is 12.0. The van der Waals surface area contributed by atoms with Crippen LogP contribution in [0.3, 0.4) is 0 Å². The predicted octanol–water partition coefficient (Wildman–Crippen LogP) is 2.46. The number of amides is 2. The van der Waals surface area contributed by atoms with Crippen LogP contribution in [0.25, 0.3) is 5.57 Å². The lowest BCUT2D eigenvalue weighted by Gasteiger charge is -2.54. The molecular weight excluding hydrogens is 328 g/mol. The number of hydrogen-bond acceptors (Lipinski definition) is 3. The van der Waals surface area contributed by atoms with Gasteiger partial charge in [-0.15, -0.1) is 0 Å². The smallest absolute Gasteiger partial charge is 0.220 e. The Bertz CT molecular complexity index is 696. The van der Waals surface area contributed by atoms with E-state index in [0.29, 0.717) is 13.0 Å². The van der Waals surface area contributed by atoms with E-state index < -0.39 is 0 Å². The van der Waals surface area contributed by atoms with Gasteiger partial charge in [-0.25, -0.2) is 0 Å². The van der Waals surface area contributed by atoms with Crippen molar-refractivity contribution in [1.29, 1.82) is 0 Å². The van der Waals surface area contributed by atoms with Gasteiger partial charge in [0.2, 0.25) is 11.8 Å². The van der Waals surface area contributed by atoms with Crippen molar-refractivity contribution in [2.75, 3.05) is 13.2 Å². The SMILES string of the molecule is CCC(=O)NC[C@H]1[C@@H](c2ccc(C3=CCCC3)cc2)[C@H](CO)N1C(C)=O. The molecule has 26 heavy (non-hydrogen) atoms. The fourth-order valence-electron chi connectivity index (χ4n) is 4.28. The first-order valence-corrected chi connectivity index (χ1v) is 9.52. The number of carbonyl (C=O) groups excluding carboxylic acids is 2. The van der Waals surface area contributed by atoms with Gasteiger partial charge in [-0.1, -0.05) is 37.3 Å². The van der Waals surface area contributed by atoms with E-state index in [1.807, 2.05) is 6.92 Å². The van der Waals surface area contributed by atoms with Crippen LogP contribution < -0.4 is 5.32 Å². The minimum absolute atomic E-state index is 0.0248. The maximum Gasteiger partial charge on any atom is 0.220 e. The topological polar surface area (TPSA) is 69.6 Å². The van der Waals surface area contributed by atoms with Crippen molar-refractivity contribution in [2.24, 2.45) is 0 Å². The van der Waals surface area contributed by atoms with Crippen LogP contribution in [0.5, 0.6) is 0 Å². The van der Waals surface area contributed by atoms with Crippen molar-refractivity contribution in [1.82, 2.24) is 10.2 Å². The molecule has 2 amide bonds. The lowest BCUT2D eigenvalue weighted by atomic mass is 9.74. The largest absolute Gasteiger partial charge is 0.394 e. The molecular formula is C21H28N2O3. The number of rotatable bonds is 6. The van der Waals surface area contributed by atoms with Crippen LogP contribution in [0.1, 0.15) is 56.6 Å². The zero-order valence-corrected chi connectivity index (χ0v) is 15.6. The Hall–Kier alpha value is -2.14. The van der Waals surface area contributed by atoms with Gasteiger partial charge in [-0.3, -0.25) is 9.59 Å². The standard InChI is InChI=1S/C21H28N2O3/c1-3-20(26)22-12-18-21(19(13-24)23(18)14(2)25)17-10-8-16(9-11-17)15-6-4-5-7-15/h6,8-11,18-19,21,24H,3-5,7,12-13H2,1-2H3,(H,22,26)/t18-,19-,21+/m0/s1. The molecule has 0 spiro atoms. The molecule has 5 heteroatoms. The molecule has 1 aliphatic carbocycles. The fraction of sp³-hybridized carbons (Fsp3) is 0.524. The summed E-state index contributed by atoms with van der Waals surface area (Å²) in [5.74, 6) is -0.0559. The van der Waals surface area contributed by atoms with Crippen molar-refractivity contribution >= 4 is 17.4 Å². The Balaban J connectivity index is 1.79. The summed E-state index contributed by atoms with van der Waals surface area (Å²) in [7, 11) is 0. The molecule has 0 bridgehead atoms. The third-order valence-electron chi connectivity index (χ3n) is 5.63. The highest BCUT2D eigenvalue weighted by Gasteiger charge is 2.49. The van der Waals surface area contributed by atoms with Gasteiger partial charge in [0.25, 0.3) is 0 Å². The number of nitrogens with zero attached hydrogens (tertiary/aromatic N) is 1. The Labute approximate surface area is 155 Å². The van der Waals surface area contributed by atoms with E-state index in [4.69, 9.17) is 0 Å². The number of aliphatic hydroxyl groups excluding tert-OH is 1. The van der Waals surface area contributed by atoms with Crippen molar-refractivity contribution in [2.45, 2.75) is 57.5 Å². The molecule has 1 aliphatic heterocycles. The van der Waals surface area contributed by atoms with Crippen LogP contribution in [0.15, 0.2) is 30.3 Å². The Morgan fingerprint density at radius 2 is 1.96 bits per heavy atom. The van der Waals surface area contributed by atoms with Crippen molar-refractivity contribution < 1.29 is 14.7 Å². The second kappa shape index (κ2) is 8.04. The summed E-state index contributed by atoms with van der Waals surface area (Å²) in [5.41, 5.74) is 3.77. The monoisotopic (exact) mass is 356 g/mol. The number of benzene rings is 1. The molecule has 1 fully saturated rings. The molecule has 0 saturated carbocycles. The lowest BCUT2D eigenvalue weighted by molar-refractivity contribution is -0.148. The van der Waals surface area contributed by atoms with Crippen LogP contribution in [0.4, 0.5) is 0 Å². The summed E-state index contributed by atoms with van der Waals surface area (Å²) in [6.45, 7) is 3.67. The summed E-state index contributed by atoms with van der Waals surface area (Å²) < 4.78 is 0. The Kier molecular flexibility index (Phi) is 5.77. The molecule has 3 atom stereocenters. The lowest BCUT2D eigenvalue weighted by Crippen LogP contribution is -2.68. The van der Waals surface area contributed by atoms with Gasteiger partial charge in [0.1, 0.15) is 0 Å². The summed E-state index contributed by atoms with van der Waals surface area (Å²) >= 11 is 0. The van der Waals surface area contributed by atoms with Crippen molar-refractivity contribution in [3.63, 3.8) is 0 Å². The van der Waals surface area contributed by atoms with E-state index in [2.05, 4.69) is 35.7 Å². The highest BCUT2D eigenvalue weighted by Crippen LogP contribution is 2.41. The summed E-state index contributed by atoms with van der Waals surface area (Å²) in [6.07, 6.45) is 6.23. The number of allylic oxidation sites excluding steroid dienone is 2. The van der Waals surface area contributed by atoms with Gasteiger partial charge >= 0.3 is 0 Å². The van der Waals surface area contributed by atoms with Crippen LogP contribution in [-0.2, 0) is 9.59 Å². The minimum Gasteiger partial charge on any atom is -0.394 e. The fourth-order valence-corrected chi connectivity index (χ4v) is 4.28. The number of nitrogens with one attached hydrogen (secondary N) is 1. The Morgan fingerprint density at radius 3 is 2.50 bits per heavy atom. The van der Waals surface area contributed by atoms with Crippen molar-refractivity contribution in [3.8, 4) is 0 Å². The average molecular weight is 356 g/mol. The molecule has 0 radical (unpaired) electrons. The molecule has 5 nitrogen and oxygen atoms in total. The molecule has 0 aromatic heterocycles. The first-order chi connectivity index (χ1) is 12.6. The van der Waals surface area contributed by atoms with Crippen LogP contribution in [0, 0.1) is 0 Å². The van der Waals surface area contributed by atoms with Gasteiger partial charge in [0.15, 0.2) is 0 Å². The van der Waals surface area contributed by atoms with Gasteiger partial charge in [-0.2, -0.15) is 0 Å². The average Bonchev–Trinajstić information content (AvgIpc) is 3.15. The van der Waals surface area contributed by atoms with Crippen LogP contribution in [-0.4, -0.2) is 47.1 Å². The molecule has 2 aliphatic rings. The van der Waals surface area contributed by atoms with Gasteiger partial charge in [-0.05, 0) is 36.0 Å². The van der Waals surface area contributed by atoms with Crippen LogP contribution in [0.2, 0.25) is 0 Å². The van der Waals surface area contributed by atoms with E-state index in [1.165, 1.54) is 24.5 Å². The number of hydrogen-bond donors (Lipinski definition) is 2. The van der Waals surface area contributed by atoms with E-state index in [9.17, 15) is 14.7 Å². The zero-order chi connectivity index (χ0) is 18.7. The number of carbonyl (C=O) groups is 2. The molecule has 1 saturated heterocycles. The normalized spacial score (nSPS) is 24.8. The summed E-state index contributed by atoms with van der Waals surface area (Å²) in [4.78, 5) is 25.4. The first-order valence-electron chi connectivity index (χ1n) is 9.52. The maximum absolute atomic E-state index is 12.0. The highest BCUT2D eigenvalue weighted by atomic mass is 16.3. The van der Waals surface area contributed by atoms with E-state index in [-0.39, 0.29) is 36.4 Å². The predicted molar refractivity (Wildman–Crippen MR) is 101 cm³/mol. The molecule has 0 unspecified atom stereocenters. The van der Waals surface area contributed by atoms with Gasteiger partial charge in [0.05, 0.1) is 18.7 Å².